The van der Waals surface area contributed by atoms with Gasteiger partial charge >= 0.3 is 0 Å². The van der Waals surface area contributed by atoms with Gasteiger partial charge in [-0.3, -0.25) is 14.4 Å². The zero-order chi connectivity index (χ0) is 13.7. The standard InChI is InChI=1S/C13H22N2O4/c1-18-9-7-14-10-11(4-5-12(14)16)13(17)15-6-2-3-8-19-15/h11H,2-10H2,1H3. The second-order valence-electron chi connectivity index (χ2n) is 5.05. The van der Waals surface area contributed by atoms with Crippen molar-refractivity contribution < 1.29 is 19.2 Å². The first-order chi connectivity index (χ1) is 9.22. The van der Waals surface area contributed by atoms with Crippen LogP contribution in [0.15, 0.2) is 0 Å². The molecule has 2 aliphatic rings. The Bertz CT molecular complexity index is 329. The van der Waals surface area contributed by atoms with E-state index in [4.69, 9.17) is 9.57 Å². The molecular weight excluding hydrogens is 248 g/mol. The van der Waals surface area contributed by atoms with E-state index < -0.39 is 0 Å². The van der Waals surface area contributed by atoms with Crippen LogP contribution >= 0.6 is 0 Å². The highest BCUT2D eigenvalue weighted by Gasteiger charge is 2.33. The molecule has 19 heavy (non-hydrogen) atoms. The summed E-state index contributed by atoms with van der Waals surface area (Å²) in [7, 11) is 1.61. The van der Waals surface area contributed by atoms with Crippen LogP contribution in [-0.4, -0.2) is 61.7 Å². The van der Waals surface area contributed by atoms with E-state index in [-0.39, 0.29) is 17.7 Å². The Labute approximate surface area is 113 Å². The first-order valence-corrected chi connectivity index (χ1v) is 6.93. The molecule has 1 unspecified atom stereocenters. The highest BCUT2D eigenvalue weighted by atomic mass is 16.7. The molecule has 6 nitrogen and oxygen atoms in total. The fourth-order valence-corrected chi connectivity index (χ4v) is 2.51. The molecule has 2 amide bonds. The summed E-state index contributed by atoms with van der Waals surface area (Å²) >= 11 is 0. The molecule has 0 bridgehead atoms. The van der Waals surface area contributed by atoms with Crippen molar-refractivity contribution in [2.75, 3.05) is 40.0 Å². The third kappa shape index (κ3) is 3.67. The number of carbonyl (C=O) groups is 2. The predicted molar refractivity (Wildman–Crippen MR) is 68.1 cm³/mol. The summed E-state index contributed by atoms with van der Waals surface area (Å²) in [4.78, 5) is 31.2. The van der Waals surface area contributed by atoms with Gasteiger partial charge in [0.25, 0.3) is 5.91 Å². The van der Waals surface area contributed by atoms with E-state index in [0.717, 1.165) is 12.8 Å². The summed E-state index contributed by atoms with van der Waals surface area (Å²) in [5, 5.41) is 1.48. The molecule has 0 spiro atoms. The maximum Gasteiger partial charge on any atom is 0.251 e. The number of piperidine rings is 1. The molecule has 0 saturated carbocycles. The van der Waals surface area contributed by atoms with Gasteiger partial charge in [-0.1, -0.05) is 0 Å². The highest BCUT2D eigenvalue weighted by molar-refractivity contribution is 5.83. The summed E-state index contributed by atoms with van der Waals surface area (Å²) < 4.78 is 4.99. The van der Waals surface area contributed by atoms with E-state index in [1.807, 2.05) is 0 Å². The molecule has 108 valence electrons. The zero-order valence-electron chi connectivity index (χ0n) is 11.5. The molecule has 2 rings (SSSR count). The van der Waals surface area contributed by atoms with Crippen LogP contribution in [0.3, 0.4) is 0 Å². The van der Waals surface area contributed by atoms with Crippen LogP contribution in [-0.2, 0) is 19.2 Å². The van der Waals surface area contributed by atoms with Gasteiger partial charge in [0.15, 0.2) is 0 Å². The average molecular weight is 270 g/mol. The van der Waals surface area contributed by atoms with Gasteiger partial charge in [-0.2, -0.15) is 0 Å². The lowest BCUT2D eigenvalue weighted by atomic mass is 9.96. The summed E-state index contributed by atoms with van der Waals surface area (Å²) in [5.41, 5.74) is 0. The number of nitrogens with zero attached hydrogens (tertiary/aromatic N) is 2. The molecule has 0 aromatic carbocycles. The van der Waals surface area contributed by atoms with Crippen molar-refractivity contribution >= 4 is 11.8 Å². The van der Waals surface area contributed by atoms with E-state index in [1.165, 1.54) is 5.06 Å². The third-order valence-corrected chi connectivity index (χ3v) is 3.66. The van der Waals surface area contributed by atoms with Gasteiger partial charge < -0.3 is 9.64 Å². The number of amides is 2. The fourth-order valence-electron chi connectivity index (χ4n) is 2.51. The summed E-state index contributed by atoms with van der Waals surface area (Å²) in [6.07, 6.45) is 3.06. The number of rotatable bonds is 4. The quantitative estimate of drug-likeness (QED) is 0.743. The third-order valence-electron chi connectivity index (χ3n) is 3.66. The van der Waals surface area contributed by atoms with Gasteiger partial charge in [0, 0.05) is 33.2 Å². The second-order valence-corrected chi connectivity index (χ2v) is 5.05. The summed E-state index contributed by atoms with van der Waals surface area (Å²) in [5.74, 6) is 0.00272. The Morgan fingerprint density at radius 1 is 1.47 bits per heavy atom. The average Bonchev–Trinajstić information content (AvgIpc) is 2.46. The van der Waals surface area contributed by atoms with E-state index in [9.17, 15) is 9.59 Å². The van der Waals surface area contributed by atoms with Crippen molar-refractivity contribution in [1.82, 2.24) is 9.96 Å². The number of ether oxygens (including phenoxy) is 1. The topological polar surface area (TPSA) is 59.1 Å². The molecule has 0 N–H and O–H groups in total. The Morgan fingerprint density at radius 2 is 2.32 bits per heavy atom. The van der Waals surface area contributed by atoms with Crippen LogP contribution in [0.5, 0.6) is 0 Å². The molecule has 0 aromatic rings. The highest BCUT2D eigenvalue weighted by Crippen LogP contribution is 2.21. The Kier molecular flexibility index (Phi) is 5.15. The van der Waals surface area contributed by atoms with E-state index in [1.54, 1.807) is 12.0 Å². The fraction of sp³-hybridized carbons (Fsp3) is 0.846. The van der Waals surface area contributed by atoms with Crippen LogP contribution < -0.4 is 0 Å². The molecule has 0 aromatic heterocycles. The van der Waals surface area contributed by atoms with Crippen molar-refractivity contribution in [3.05, 3.63) is 0 Å². The molecule has 2 heterocycles. The maximum atomic E-state index is 12.3. The maximum absolute atomic E-state index is 12.3. The second kappa shape index (κ2) is 6.86. The van der Waals surface area contributed by atoms with Crippen LogP contribution in [0.25, 0.3) is 0 Å². The van der Waals surface area contributed by atoms with Crippen LogP contribution in [0.4, 0.5) is 0 Å². The number of hydrogen-bond acceptors (Lipinski definition) is 4. The van der Waals surface area contributed by atoms with Gasteiger partial charge in [0.2, 0.25) is 5.91 Å². The molecular formula is C13H22N2O4. The van der Waals surface area contributed by atoms with Crippen molar-refractivity contribution in [1.29, 1.82) is 0 Å². The monoisotopic (exact) mass is 270 g/mol. The normalized spacial score (nSPS) is 24.7. The smallest absolute Gasteiger partial charge is 0.251 e. The molecule has 6 heteroatoms. The predicted octanol–water partition coefficient (Wildman–Crippen LogP) is 0.425. The molecule has 2 aliphatic heterocycles. The van der Waals surface area contributed by atoms with Gasteiger partial charge in [0.05, 0.1) is 19.1 Å². The van der Waals surface area contributed by atoms with Gasteiger partial charge in [-0.05, 0) is 19.3 Å². The molecule has 1 atom stereocenters. The van der Waals surface area contributed by atoms with Gasteiger partial charge in [0.1, 0.15) is 0 Å². The van der Waals surface area contributed by atoms with Gasteiger partial charge in [-0.15, -0.1) is 0 Å². The number of hydroxylamine groups is 2. The molecule has 0 aliphatic carbocycles. The SMILES string of the molecule is COCCN1CC(C(=O)N2CCCCO2)CCC1=O. The first-order valence-electron chi connectivity index (χ1n) is 6.93. The zero-order valence-corrected chi connectivity index (χ0v) is 11.5. The number of methoxy groups -OCH3 is 1. The largest absolute Gasteiger partial charge is 0.383 e. The summed E-state index contributed by atoms with van der Waals surface area (Å²) in [6.45, 7) is 2.83. The minimum atomic E-state index is -0.132. The van der Waals surface area contributed by atoms with E-state index in [0.29, 0.717) is 45.7 Å². The summed E-state index contributed by atoms with van der Waals surface area (Å²) in [6, 6.07) is 0. The minimum absolute atomic E-state index is 0.0228. The van der Waals surface area contributed by atoms with E-state index in [2.05, 4.69) is 0 Å². The lowest BCUT2D eigenvalue weighted by Gasteiger charge is -2.35. The van der Waals surface area contributed by atoms with Crippen molar-refractivity contribution in [2.24, 2.45) is 5.92 Å². The first kappa shape index (κ1) is 14.3. The van der Waals surface area contributed by atoms with Crippen molar-refractivity contribution in [3.8, 4) is 0 Å². The lowest BCUT2D eigenvalue weighted by molar-refractivity contribution is -0.202. The lowest BCUT2D eigenvalue weighted by Crippen LogP contribution is -2.48. The van der Waals surface area contributed by atoms with Crippen molar-refractivity contribution in [2.45, 2.75) is 25.7 Å². The minimum Gasteiger partial charge on any atom is -0.383 e. The Balaban J connectivity index is 1.89. The van der Waals surface area contributed by atoms with Crippen LogP contribution in [0, 0.1) is 5.92 Å². The molecule has 2 fully saturated rings. The number of carbonyl (C=O) groups excluding carboxylic acids is 2. The van der Waals surface area contributed by atoms with E-state index >= 15 is 0 Å². The van der Waals surface area contributed by atoms with Crippen molar-refractivity contribution in [3.63, 3.8) is 0 Å². The Morgan fingerprint density at radius 3 is 3.00 bits per heavy atom. The number of hydrogen-bond donors (Lipinski definition) is 0. The molecule has 2 saturated heterocycles. The van der Waals surface area contributed by atoms with Crippen LogP contribution in [0.2, 0.25) is 0 Å². The molecule has 0 radical (unpaired) electrons. The van der Waals surface area contributed by atoms with Gasteiger partial charge in [-0.25, -0.2) is 5.06 Å². The number of likely N-dealkylation sites (tertiary alicyclic amines) is 1. The Hall–Kier alpha value is -1.14. The van der Waals surface area contributed by atoms with Crippen LogP contribution in [0.1, 0.15) is 25.7 Å².